The third kappa shape index (κ3) is 2.54. The normalized spacial score (nSPS) is 20.8. The van der Waals surface area contributed by atoms with Gasteiger partial charge in [0, 0.05) is 19.0 Å². The Morgan fingerprint density at radius 1 is 1.33 bits per heavy atom. The van der Waals surface area contributed by atoms with Crippen LogP contribution in [0.2, 0.25) is 0 Å². The zero-order chi connectivity index (χ0) is 13.2. The average Bonchev–Trinajstić information content (AvgIpc) is 2.39. The van der Waals surface area contributed by atoms with Crippen molar-refractivity contribution < 1.29 is 8.42 Å². The Hall–Kier alpha value is -1.39. The van der Waals surface area contributed by atoms with Crippen LogP contribution in [0.3, 0.4) is 0 Å². The summed E-state index contributed by atoms with van der Waals surface area (Å²) in [4.78, 5) is 0.353. The minimum absolute atomic E-state index is 0.0963. The second-order valence-corrected chi connectivity index (χ2v) is 6.40. The van der Waals surface area contributed by atoms with Gasteiger partial charge in [0.15, 0.2) is 0 Å². The van der Waals surface area contributed by atoms with Gasteiger partial charge in [0.25, 0.3) is 0 Å². The Bertz CT molecular complexity index is 558. The fourth-order valence-corrected chi connectivity index (χ4v) is 3.36. The predicted octanol–water partition coefficient (Wildman–Crippen LogP) is 2.36. The smallest absolute Gasteiger partial charge is 0.207 e. The maximum absolute atomic E-state index is 12.4. The number of rotatable bonds is 3. The van der Waals surface area contributed by atoms with E-state index >= 15 is 0 Å². The zero-order valence-corrected chi connectivity index (χ0v) is 11.2. The maximum atomic E-state index is 12.4. The van der Waals surface area contributed by atoms with Crippen LogP contribution in [0.5, 0.6) is 0 Å². The minimum atomic E-state index is -3.39. The summed E-state index contributed by atoms with van der Waals surface area (Å²) in [5.41, 5.74) is 1.05. The van der Waals surface area contributed by atoms with E-state index in [1.54, 1.807) is 18.2 Å². The van der Waals surface area contributed by atoms with Crippen molar-refractivity contribution in [3.63, 3.8) is 0 Å². The highest BCUT2D eigenvalue weighted by Gasteiger charge is 2.26. The first kappa shape index (κ1) is 13.1. The monoisotopic (exact) mass is 263 g/mol. The molecule has 1 aromatic carbocycles. The molecule has 1 heterocycles. The molecule has 1 aliphatic heterocycles. The van der Waals surface area contributed by atoms with Crippen LogP contribution in [0.1, 0.15) is 5.56 Å². The summed E-state index contributed by atoms with van der Waals surface area (Å²) in [6.07, 6.45) is 5.64. The van der Waals surface area contributed by atoms with Crippen molar-refractivity contribution >= 4 is 10.0 Å². The fraction of sp³-hybridized carbons (Fsp3) is 0.286. The molecule has 0 saturated carbocycles. The molecule has 1 unspecified atom stereocenters. The lowest BCUT2D eigenvalue weighted by atomic mass is 10.1. The molecule has 1 atom stereocenters. The van der Waals surface area contributed by atoms with Crippen LogP contribution in [0.4, 0.5) is 0 Å². The molecule has 96 valence electrons. The van der Waals surface area contributed by atoms with Crippen LogP contribution >= 0.6 is 0 Å². The van der Waals surface area contributed by atoms with Crippen molar-refractivity contribution in [2.24, 2.45) is 5.92 Å². The van der Waals surface area contributed by atoms with Gasteiger partial charge in [-0.15, -0.1) is 6.58 Å². The third-order valence-corrected chi connectivity index (χ3v) is 4.91. The lowest BCUT2D eigenvalue weighted by Crippen LogP contribution is -2.37. The summed E-state index contributed by atoms with van der Waals surface area (Å²) >= 11 is 0. The molecule has 0 bridgehead atoms. The summed E-state index contributed by atoms with van der Waals surface area (Å²) in [5, 5.41) is 0. The molecule has 1 aliphatic rings. The minimum Gasteiger partial charge on any atom is -0.207 e. The van der Waals surface area contributed by atoms with E-state index < -0.39 is 10.0 Å². The van der Waals surface area contributed by atoms with E-state index in [9.17, 15) is 8.42 Å². The molecule has 18 heavy (non-hydrogen) atoms. The number of benzene rings is 1. The van der Waals surface area contributed by atoms with Crippen LogP contribution in [0, 0.1) is 12.8 Å². The number of hydrogen-bond acceptors (Lipinski definition) is 2. The Labute approximate surface area is 108 Å². The molecule has 3 nitrogen and oxygen atoms in total. The van der Waals surface area contributed by atoms with Crippen LogP contribution in [0.25, 0.3) is 0 Å². The molecule has 0 aromatic heterocycles. The standard InChI is InChI=1S/C14H17NO2S/c1-3-13-5-4-10-15(11-13)18(16,17)14-8-6-12(2)7-9-14/h3-9,13H,1,10-11H2,2H3. The summed E-state index contributed by atoms with van der Waals surface area (Å²) in [5.74, 6) is 0.0963. The molecule has 1 aromatic rings. The van der Waals surface area contributed by atoms with Gasteiger partial charge in [-0.05, 0) is 19.1 Å². The van der Waals surface area contributed by atoms with Crippen molar-refractivity contribution in [3.8, 4) is 0 Å². The average molecular weight is 263 g/mol. The first-order valence-corrected chi connectivity index (χ1v) is 7.34. The van der Waals surface area contributed by atoms with Crippen molar-refractivity contribution in [1.82, 2.24) is 4.31 Å². The zero-order valence-electron chi connectivity index (χ0n) is 10.4. The Morgan fingerprint density at radius 2 is 2.00 bits per heavy atom. The van der Waals surface area contributed by atoms with Gasteiger partial charge in [0.05, 0.1) is 4.90 Å². The van der Waals surface area contributed by atoms with E-state index in [1.807, 2.05) is 31.2 Å². The van der Waals surface area contributed by atoms with Crippen LogP contribution in [0.15, 0.2) is 54.0 Å². The fourth-order valence-electron chi connectivity index (χ4n) is 1.93. The maximum Gasteiger partial charge on any atom is 0.243 e. The van der Waals surface area contributed by atoms with Crippen molar-refractivity contribution in [3.05, 3.63) is 54.6 Å². The van der Waals surface area contributed by atoms with E-state index in [-0.39, 0.29) is 5.92 Å². The van der Waals surface area contributed by atoms with Gasteiger partial charge in [-0.2, -0.15) is 4.31 Å². The van der Waals surface area contributed by atoms with E-state index in [2.05, 4.69) is 6.58 Å². The number of nitrogens with zero attached hydrogens (tertiary/aromatic N) is 1. The molecule has 0 N–H and O–H groups in total. The molecule has 0 spiro atoms. The topological polar surface area (TPSA) is 37.4 Å². The van der Waals surface area contributed by atoms with Crippen LogP contribution < -0.4 is 0 Å². The number of sulfonamides is 1. The molecular weight excluding hydrogens is 246 g/mol. The molecule has 0 aliphatic carbocycles. The Morgan fingerprint density at radius 3 is 2.61 bits per heavy atom. The van der Waals surface area contributed by atoms with E-state index in [0.717, 1.165) is 5.56 Å². The summed E-state index contributed by atoms with van der Waals surface area (Å²) < 4.78 is 26.3. The van der Waals surface area contributed by atoms with Gasteiger partial charge in [0.1, 0.15) is 0 Å². The van der Waals surface area contributed by atoms with Gasteiger partial charge in [0.2, 0.25) is 10.0 Å². The second-order valence-electron chi connectivity index (χ2n) is 4.46. The van der Waals surface area contributed by atoms with E-state index in [4.69, 9.17) is 0 Å². The first-order valence-electron chi connectivity index (χ1n) is 5.90. The number of hydrogen-bond donors (Lipinski definition) is 0. The summed E-state index contributed by atoms with van der Waals surface area (Å²) in [6.45, 7) is 6.55. The molecule has 0 fully saturated rings. The molecular formula is C14H17NO2S. The van der Waals surface area contributed by atoms with Gasteiger partial charge < -0.3 is 0 Å². The highest BCUT2D eigenvalue weighted by atomic mass is 32.2. The SMILES string of the molecule is C=CC1C=CCN(S(=O)(=O)c2ccc(C)cc2)C1. The largest absolute Gasteiger partial charge is 0.243 e. The lowest BCUT2D eigenvalue weighted by Gasteiger charge is -2.26. The number of aryl methyl sites for hydroxylation is 1. The Balaban J connectivity index is 2.29. The molecule has 0 radical (unpaired) electrons. The summed E-state index contributed by atoms with van der Waals surface area (Å²) in [6, 6.07) is 6.95. The quantitative estimate of drug-likeness (QED) is 0.785. The molecule has 2 rings (SSSR count). The van der Waals surface area contributed by atoms with Crippen molar-refractivity contribution in [2.75, 3.05) is 13.1 Å². The van der Waals surface area contributed by atoms with Gasteiger partial charge in [-0.1, -0.05) is 35.9 Å². The van der Waals surface area contributed by atoms with Crippen LogP contribution in [-0.4, -0.2) is 25.8 Å². The van der Waals surface area contributed by atoms with Gasteiger partial charge in [-0.25, -0.2) is 8.42 Å². The highest BCUT2D eigenvalue weighted by molar-refractivity contribution is 7.89. The Kier molecular flexibility index (Phi) is 3.68. The third-order valence-electron chi connectivity index (χ3n) is 3.07. The first-order chi connectivity index (χ1) is 8.54. The van der Waals surface area contributed by atoms with Crippen molar-refractivity contribution in [2.45, 2.75) is 11.8 Å². The van der Waals surface area contributed by atoms with Gasteiger partial charge in [-0.3, -0.25) is 0 Å². The van der Waals surface area contributed by atoms with Crippen LogP contribution in [-0.2, 0) is 10.0 Å². The molecule has 0 saturated heterocycles. The predicted molar refractivity (Wildman–Crippen MR) is 72.8 cm³/mol. The van der Waals surface area contributed by atoms with Crippen molar-refractivity contribution in [1.29, 1.82) is 0 Å². The molecule has 0 amide bonds. The van der Waals surface area contributed by atoms with Gasteiger partial charge >= 0.3 is 0 Å². The second kappa shape index (κ2) is 5.08. The lowest BCUT2D eigenvalue weighted by molar-refractivity contribution is 0.409. The van der Waals surface area contributed by atoms with E-state index in [0.29, 0.717) is 18.0 Å². The summed E-state index contributed by atoms with van der Waals surface area (Å²) in [7, 11) is -3.39. The molecule has 4 heteroatoms. The highest BCUT2D eigenvalue weighted by Crippen LogP contribution is 2.20. The van der Waals surface area contributed by atoms with E-state index in [1.165, 1.54) is 4.31 Å².